The molecular weight excluding hydrogens is 172 g/mol. The summed E-state index contributed by atoms with van der Waals surface area (Å²) in [7, 11) is 0. The zero-order valence-electron chi connectivity index (χ0n) is 7.57. The minimum absolute atomic E-state index is 0.263. The fourth-order valence-corrected chi connectivity index (χ4v) is 0.712. The van der Waals surface area contributed by atoms with Crippen molar-refractivity contribution in [3.63, 3.8) is 0 Å². The van der Waals surface area contributed by atoms with Gasteiger partial charge in [-0.15, -0.1) is 0 Å². The minimum atomic E-state index is -1.36. The van der Waals surface area contributed by atoms with E-state index in [4.69, 9.17) is 4.42 Å². The topological polar surface area (TPSA) is 75.4 Å². The molecule has 1 amide bonds. The molecule has 0 aliphatic rings. The van der Waals surface area contributed by atoms with Crippen molar-refractivity contribution in [1.82, 2.24) is 10.3 Å². The Balaban J connectivity index is 2.40. The van der Waals surface area contributed by atoms with Gasteiger partial charge in [-0.2, -0.15) is 0 Å². The molecule has 5 nitrogen and oxygen atoms in total. The van der Waals surface area contributed by atoms with Crippen LogP contribution in [-0.4, -0.2) is 21.6 Å². The van der Waals surface area contributed by atoms with Crippen LogP contribution in [0.1, 0.15) is 19.5 Å². The van der Waals surface area contributed by atoms with Gasteiger partial charge < -0.3 is 14.8 Å². The Hall–Kier alpha value is -1.36. The predicted octanol–water partition coefficient (Wildman–Crippen LogP) is 0.0617. The highest BCUT2D eigenvalue weighted by molar-refractivity contribution is 5.83. The summed E-state index contributed by atoms with van der Waals surface area (Å²) in [6.07, 6.45) is 2.72. The van der Waals surface area contributed by atoms with Crippen LogP contribution in [0.2, 0.25) is 0 Å². The number of nitrogens with zero attached hydrogens (tertiary/aromatic N) is 1. The normalized spacial score (nSPS) is 11.3. The van der Waals surface area contributed by atoms with Crippen molar-refractivity contribution in [2.45, 2.75) is 26.0 Å². The second kappa shape index (κ2) is 3.57. The monoisotopic (exact) mass is 184 g/mol. The maximum Gasteiger partial charge on any atom is 0.251 e. The smallest absolute Gasteiger partial charge is 0.251 e. The van der Waals surface area contributed by atoms with Crippen molar-refractivity contribution < 1.29 is 14.3 Å². The average Bonchev–Trinajstić information content (AvgIpc) is 2.50. The first-order valence-electron chi connectivity index (χ1n) is 3.88. The predicted molar refractivity (Wildman–Crippen MR) is 44.6 cm³/mol. The molecule has 0 radical (unpaired) electrons. The summed E-state index contributed by atoms with van der Waals surface area (Å²) in [5.74, 6) is -0.435. The summed E-state index contributed by atoms with van der Waals surface area (Å²) < 4.78 is 4.71. The molecule has 2 N–H and O–H groups in total. The Kier molecular flexibility index (Phi) is 2.67. The van der Waals surface area contributed by atoms with E-state index in [2.05, 4.69) is 10.3 Å². The molecule has 0 aromatic carbocycles. The van der Waals surface area contributed by atoms with Gasteiger partial charge in [-0.25, -0.2) is 4.98 Å². The molecule has 0 saturated carbocycles. The molecule has 1 rings (SSSR count). The first-order valence-corrected chi connectivity index (χ1v) is 3.88. The molecule has 72 valence electrons. The van der Waals surface area contributed by atoms with E-state index in [9.17, 15) is 9.90 Å². The van der Waals surface area contributed by atoms with Crippen LogP contribution in [0.25, 0.3) is 0 Å². The van der Waals surface area contributed by atoms with Crippen molar-refractivity contribution >= 4 is 5.91 Å². The summed E-state index contributed by atoms with van der Waals surface area (Å²) in [6.45, 7) is 3.11. The van der Waals surface area contributed by atoms with E-state index < -0.39 is 11.5 Å². The molecular formula is C8H12N2O3. The zero-order chi connectivity index (χ0) is 9.90. The van der Waals surface area contributed by atoms with Gasteiger partial charge in [0.2, 0.25) is 0 Å². The third-order valence-electron chi connectivity index (χ3n) is 1.47. The average molecular weight is 184 g/mol. The van der Waals surface area contributed by atoms with Gasteiger partial charge in [0.15, 0.2) is 6.39 Å². The fraction of sp³-hybridized carbons (Fsp3) is 0.500. The quantitative estimate of drug-likeness (QED) is 0.696. The summed E-state index contributed by atoms with van der Waals surface area (Å²) >= 11 is 0. The highest BCUT2D eigenvalue weighted by atomic mass is 16.3. The number of aromatic nitrogens is 1. The second-order valence-corrected chi connectivity index (χ2v) is 3.22. The van der Waals surface area contributed by atoms with Gasteiger partial charge >= 0.3 is 0 Å². The first-order chi connectivity index (χ1) is 6.00. The van der Waals surface area contributed by atoms with Crippen molar-refractivity contribution in [1.29, 1.82) is 0 Å². The van der Waals surface area contributed by atoms with Crippen LogP contribution in [0.3, 0.4) is 0 Å². The number of oxazole rings is 1. The van der Waals surface area contributed by atoms with Gasteiger partial charge in [0.1, 0.15) is 11.9 Å². The molecule has 0 bridgehead atoms. The summed E-state index contributed by atoms with van der Waals surface area (Å²) in [5.41, 5.74) is -0.735. The van der Waals surface area contributed by atoms with E-state index >= 15 is 0 Å². The van der Waals surface area contributed by atoms with E-state index in [1.165, 1.54) is 26.5 Å². The van der Waals surface area contributed by atoms with Crippen molar-refractivity contribution in [2.24, 2.45) is 0 Å². The third kappa shape index (κ3) is 2.87. The molecule has 0 aliphatic heterocycles. The summed E-state index contributed by atoms with van der Waals surface area (Å²) in [6, 6.07) is 0. The van der Waals surface area contributed by atoms with Gasteiger partial charge in [0.25, 0.3) is 5.91 Å². The zero-order valence-corrected chi connectivity index (χ0v) is 7.57. The lowest BCUT2D eigenvalue weighted by Gasteiger charge is -2.15. The lowest BCUT2D eigenvalue weighted by Crippen LogP contribution is -2.41. The van der Waals surface area contributed by atoms with Crippen molar-refractivity contribution in [3.8, 4) is 0 Å². The molecule has 0 saturated heterocycles. The summed E-state index contributed by atoms with van der Waals surface area (Å²) in [5, 5.41) is 11.8. The third-order valence-corrected chi connectivity index (χ3v) is 1.47. The molecule has 0 spiro atoms. The molecule has 0 unspecified atom stereocenters. The van der Waals surface area contributed by atoms with Gasteiger partial charge in [-0.3, -0.25) is 4.79 Å². The molecule has 1 aromatic heterocycles. The lowest BCUT2D eigenvalue weighted by molar-refractivity contribution is -0.136. The lowest BCUT2D eigenvalue weighted by atomic mass is 10.1. The Labute approximate surface area is 75.8 Å². The van der Waals surface area contributed by atoms with E-state index in [1.807, 2.05) is 0 Å². The van der Waals surface area contributed by atoms with Gasteiger partial charge in [0.05, 0.1) is 12.2 Å². The molecule has 0 atom stereocenters. The van der Waals surface area contributed by atoms with Crippen LogP contribution in [-0.2, 0) is 11.3 Å². The highest BCUT2D eigenvalue weighted by Crippen LogP contribution is 2.01. The van der Waals surface area contributed by atoms with E-state index in [-0.39, 0.29) is 6.54 Å². The molecule has 1 aromatic rings. The summed E-state index contributed by atoms with van der Waals surface area (Å²) in [4.78, 5) is 14.9. The van der Waals surface area contributed by atoms with E-state index in [1.54, 1.807) is 0 Å². The number of rotatable bonds is 3. The number of hydrogen-bond acceptors (Lipinski definition) is 4. The maximum absolute atomic E-state index is 11.1. The van der Waals surface area contributed by atoms with E-state index in [0.29, 0.717) is 5.69 Å². The Bertz CT molecular complexity index is 274. The maximum atomic E-state index is 11.1. The minimum Gasteiger partial charge on any atom is -0.451 e. The van der Waals surface area contributed by atoms with E-state index in [0.717, 1.165) is 0 Å². The van der Waals surface area contributed by atoms with Crippen molar-refractivity contribution in [3.05, 3.63) is 18.4 Å². The van der Waals surface area contributed by atoms with Crippen LogP contribution in [0.4, 0.5) is 0 Å². The number of amides is 1. The van der Waals surface area contributed by atoms with Gasteiger partial charge in [-0.1, -0.05) is 0 Å². The Morgan fingerprint density at radius 1 is 1.77 bits per heavy atom. The van der Waals surface area contributed by atoms with Crippen molar-refractivity contribution in [2.75, 3.05) is 0 Å². The molecule has 0 aliphatic carbocycles. The van der Waals surface area contributed by atoms with Gasteiger partial charge in [-0.05, 0) is 13.8 Å². The number of aliphatic hydroxyl groups is 1. The first kappa shape index (κ1) is 9.73. The molecule has 0 fully saturated rings. The highest BCUT2D eigenvalue weighted by Gasteiger charge is 2.23. The largest absolute Gasteiger partial charge is 0.451 e. The van der Waals surface area contributed by atoms with Crippen LogP contribution in [0.5, 0.6) is 0 Å². The Morgan fingerprint density at radius 2 is 2.46 bits per heavy atom. The molecule has 13 heavy (non-hydrogen) atoms. The number of nitrogens with one attached hydrogen (secondary N) is 1. The number of carbonyl (C=O) groups is 1. The second-order valence-electron chi connectivity index (χ2n) is 3.22. The van der Waals surface area contributed by atoms with Crippen LogP contribution >= 0.6 is 0 Å². The fourth-order valence-electron chi connectivity index (χ4n) is 0.712. The van der Waals surface area contributed by atoms with Crippen LogP contribution < -0.4 is 5.32 Å². The SMILES string of the molecule is CC(C)(O)C(=O)NCc1cocn1. The van der Waals surface area contributed by atoms with Crippen LogP contribution in [0.15, 0.2) is 17.1 Å². The number of hydrogen-bond donors (Lipinski definition) is 2. The molecule has 5 heteroatoms. The van der Waals surface area contributed by atoms with Gasteiger partial charge in [0, 0.05) is 0 Å². The molecule has 1 heterocycles. The Morgan fingerprint density at radius 3 is 2.92 bits per heavy atom. The standard InChI is InChI=1S/C8H12N2O3/c1-8(2,12)7(11)9-3-6-4-13-5-10-6/h4-5,12H,3H2,1-2H3,(H,9,11). The van der Waals surface area contributed by atoms with Crippen LogP contribution in [0, 0.1) is 0 Å². The number of carbonyl (C=O) groups excluding carboxylic acids is 1.